The van der Waals surface area contributed by atoms with E-state index in [1.54, 1.807) is 49.4 Å². The maximum Gasteiger partial charge on any atom is 0.338 e. The summed E-state index contributed by atoms with van der Waals surface area (Å²) >= 11 is 0. The molecule has 0 aliphatic rings. The van der Waals surface area contributed by atoms with Gasteiger partial charge < -0.3 is 20.3 Å². The van der Waals surface area contributed by atoms with Crippen molar-refractivity contribution in [2.24, 2.45) is 0 Å². The monoisotopic (exact) mass is 425 g/mol. The topological polar surface area (TPSA) is 87.7 Å². The zero-order chi connectivity index (χ0) is 22.8. The van der Waals surface area contributed by atoms with E-state index < -0.39 is 12.0 Å². The van der Waals surface area contributed by atoms with Gasteiger partial charge in [0.25, 0.3) is 5.91 Å². The molecule has 7 heteroatoms. The van der Waals surface area contributed by atoms with Gasteiger partial charge in [-0.3, -0.25) is 9.59 Å². The van der Waals surface area contributed by atoms with Gasteiger partial charge in [0.2, 0.25) is 5.91 Å². The minimum absolute atomic E-state index is 0.311. The summed E-state index contributed by atoms with van der Waals surface area (Å²) < 4.78 is 5.30. The van der Waals surface area contributed by atoms with E-state index in [4.69, 9.17) is 4.74 Å². The van der Waals surface area contributed by atoms with Crippen LogP contribution in [0.25, 0.3) is 0 Å². The number of nitrogens with one attached hydrogen (secondary N) is 2. The van der Waals surface area contributed by atoms with E-state index in [9.17, 15) is 14.4 Å². The highest BCUT2D eigenvalue weighted by Crippen LogP contribution is 2.11. The highest BCUT2D eigenvalue weighted by atomic mass is 16.5. The van der Waals surface area contributed by atoms with Crippen LogP contribution in [-0.4, -0.2) is 55.0 Å². The van der Waals surface area contributed by atoms with Crippen LogP contribution in [0.15, 0.2) is 48.5 Å². The van der Waals surface area contributed by atoms with Gasteiger partial charge in [-0.2, -0.15) is 0 Å². The number of aryl methyl sites for hydroxylation is 1. The summed E-state index contributed by atoms with van der Waals surface area (Å²) in [4.78, 5) is 39.0. The molecule has 0 saturated carbocycles. The van der Waals surface area contributed by atoms with E-state index in [2.05, 4.69) is 29.4 Å². The first-order valence-electron chi connectivity index (χ1n) is 10.5. The van der Waals surface area contributed by atoms with Crippen molar-refractivity contribution in [3.05, 3.63) is 65.2 Å². The van der Waals surface area contributed by atoms with Crippen LogP contribution in [0.5, 0.6) is 0 Å². The number of hydrogen-bond acceptors (Lipinski definition) is 5. The van der Waals surface area contributed by atoms with Crippen LogP contribution in [0.2, 0.25) is 0 Å². The van der Waals surface area contributed by atoms with E-state index in [0.717, 1.165) is 18.7 Å². The number of amides is 2. The molecule has 2 amide bonds. The van der Waals surface area contributed by atoms with Gasteiger partial charge in [0.1, 0.15) is 12.6 Å². The van der Waals surface area contributed by atoms with E-state index in [-0.39, 0.29) is 11.8 Å². The second-order valence-corrected chi connectivity index (χ2v) is 7.29. The Morgan fingerprint density at radius 3 is 2.29 bits per heavy atom. The zero-order valence-electron chi connectivity index (χ0n) is 18.6. The van der Waals surface area contributed by atoms with Gasteiger partial charge in [-0.25, -0.2) is 4.79 Å². The minimum Gasteiger partial charge on any atom is -0.461 e. The molecule has 0 heterocycles. The fraction of sp³-hybridized carbons (Fsp3) is 0.375. The van der Waals surface area contributed by atoms with E-state index in [1.165, 1.54) is 0 Å². The zero-order valence-corrected chi connectivity index (χ0v) is 18.6. The number of anilines is 1. The third-order valence-corrected chi connectivity index (χ3v) is 4.94. The normalized spacial score (nSPS) is 11.6. The van der Waals surface area contributed by atoms with Gasteiger partial charge >= 0.3 is 5.97 Å². The van der Waals surface area contributed by atoms with Crippen molar-refractivity contribution in [1.29, 1.82) is 0 Å². The molecule has 7 nitrogen and oxygen atoms in total. The predicted octanol–water partition coefficient (Wildman–Crippen LogP) is 3.25. The third-order valence-electron chi connectivity index (χ3n) is 4.94. The number of hydrogen-bond donors (Lipinski definition) is 2. The van der Waals surface area contributed by atoms with Crippen molar-refractivity contribution in [2.45, 2.75) is 33.7 Å². The second kappa shape index (κ2) is 11.9. The number of esters is 1. The molecule has 2 aromatic rings. The Morgan fingerprint density at radius 2 is 1.68 bits per heavy atom. The van der Waals surface area contributed by atoms with Crippen LogP contribution in [0.4, 0.5) is 5.69 Å². The Balaban J connectivity index is 1.85. The molecule has 1 atom stereocenters. The molecule has 0 aromatic heterocycles. The molecule has 0 bridgehead atoms. The average Bonchev–Trinajstić information content (AvgIpc) is 2.77. The molecule has 0 aliphatic heterocycles. The summed E-state index contributed by atoms with van der Waals surface area (Å²) in [5, 5.41) is 5.42. The molecule has 0 radical (unpaired) electrons. The first-order chi connectivity index (χ1) is 14.8. The maximum absolute atomic E-state index is 12.4. The van der Waals surface area contributed by atoms with Crippen molar-refractivity contribution >= 4 is 23.5 Å². The van der Waals surface area contributed by atoms with Crippen molar-refractivity contribution < 1.29 is 19.1 Å². The van der Waals surface area contributed by atoms with Crippen molar-refractivity contribution in [3.63, 3.8) is 0 Å². The molecular formula is C24H31N3O4. The Hall–Kier alpha value is -3.19. The smallest absolute Gasteiger partial charge is 0.338 e. The van der Waals surface area contributed by atoms with E-state index >= 15 is 0 Å². The minimum atomic E-state index is -0.724. The molecule has 166 valence electrons. The summed E-state index contributed by atoms with van der Waals surface area (Å²) in [6.45, 7) is 10.5. The van der Waals surface area contributed by atoms with Crippen LogP contribution in [0, 0.1) is 6.92 Å². The molecule has 0 aliphatic carbocycles. The largest absolute Gasteiger partial charge is 0.461 e. The Labute approximate surface area is 183 Å². The number of ether oxygens (including phenoxy) is 1. The summed E-state index contributed by atoms with van der Waals surface area (Å²) in [5.41, 5.74) is 2.42. The summed E-state index contributed by atoms with van der Waals surface area (Å²) in [5.74, 6) is -1.06. The van der Waals surface area contributed by atoms with Crippen molar-refractivity contribution in [3.8, 4) is 0 Å². The van der Waals surface area contributed by atoms with Gasteiger partial charge in [0.15, 0.2) is 0 Å². The highest BCUT2D eigenvalue weighted by molar-refractivity contribution is 6.01. The Kier molecular flexibility index (Phi) is 9.21. The molecule has 2 rings (SSSR count). The number of carbonyl (C=O) groups is 3. The van der Waals surface area contributed by atoms with Gasteiger partial charge in [0.05, 0.1) is 5.56 Å². The summed E-state index contributed by atoms with van der Waals surface area (Å²) in [6, 6.07) is 12.9. The van der Waals surface area contributed by atoms with Gasteiger partial charge in [-0.05, 0) is 63.3 Å². The molecule has 0 fully saturated rings. The van der Waals surface area contributed by atoms with Crippen LogP contribution in [0.3, 0.4) is 0 Å². The number of nitrogens with zero attached hydrogens (tertiary/aromatic N) is 1. The molecule has 0 saturated heterocycles. The fourth-order valence-corrected chi connectivity index (χ4v) is 2.96. The van der Waals surface area contributed by atoms with Crippen molar-refractivity contribution in [1.82, 2.24) is 10.2 Å². The van der Waals surface area contributed by atoms with Gasteiger partial charge in [-0.1, -0.05) is 31.5 Å². The number of likely N-dealkylation sites (N-methyl/N-ethyl adjacent to an activating group) is 1. The first-order valence-corrected chi connectivity index (χ1v) is 10.5. The van der Waals surface area contributed by atoms with Crippen LogP contribution in [0.1, 0.15) is 47.1 Å². The van der Waals surface area contributed by atoms with Crippen LogP contribution in [-0.2, 0) is 9.53 Å². The molecular weight excluding hydrogens is 394 g/mol. The fourth-order valence-electron chi connectivity index (χ4n) is 2.96. The standard InChI is InChI=1S/C24H31N3O4/c1-5-27(6-2)14-15-31-24(30)19-10-12-21(13-11-19)26-22(28)18(4)25-23(29)20-9-7-8-17(3)16-20/h7-13,16,18H,5-6,14-15H2,1-4H3,(H,25,29)(H,26,28). The molecule has 2 N–H and O–H groups in total. The number of benzene rings is 2. The average molecular weight is 426 g/mol. The lowest BCUT2D eigenvalue weighted by molar-refractivity contribution is -0.117. The highest BCUT2D eigenvalue weighted by Gasteiger charge is 2.17. The molecule has 0 spiro atoms. The Morgan fingerprint density at radius 1 is 1.00 bits per heavy atom. The number of carbonyl (C=O) groups excluding carboxylic acids is 3. The van der Waals surface area contributed by atoms with Crippen LogP contribution < -0.4 is 10.6 Å². The lowest BCUT2D eigenvalue weighted by atomic mass is 10.1. The predicted molar refractivity (Wildman–Crippen MR) is 121 cm³/mol. The van der Waals surface area contributed by atoms with Crippen molar-refractivity contribution in [2.75, 3.05) is 31.6 Å². The van der Waals surface area contributed by atoms with Gasteiger partial charge in [0, 0.05) is 17.8 Å². The Bertz CT molecular complexity index is 892. The number of rotatable bonds is 10. The maximum atomic E-state index is 12.4. The van der Waals surface area contributed by atoms with E-state index in [1.807, 2.05) is 13.0 Å². The molecule has 2 aromatic carbocycles. The lowest BCUT2D eigenvalue weighted by Crippen LogP contribution is -2.41. The second-order valence-electron chi connectivity index (χ2n) is 7.29. The molecule has 31 heavy (non-hydrogen) atoms. The summed E-state index contributed by atoms with van der Waals surface area (Å²) in [7, 11) is 0. The third kappa shape index (κ3) is 7.53. The SMILES string of the molecule is CCN(CC)CCOC(=O)c1ccc(NC(=O)C(C)NC(=O)c2cccc(C)c2)cc1. The van der Waals surface area contributed by atoms with E-state index in [0.29, 0.717) is 30.0 Å². The first kappa shape index (κ1) is 24.1. The van der Waals surface area contributed by atoms with Crippen LogP contribution >= 0.6 is 0 Å². The quantitative estimate of drug-likeness (QED) is 0.571. The molecule has 1 unspecified atom stereocenters. The van der Waals surface area contributed by atoms with Gasteiger partial charge in [-0.15, -0.1) is 0 Å². The lowest BCUT2D eigenvalue weighted by Gasteiger charge is -2.17. The summed E-state index contributed by atoms with van der Waals surface area (Å²) in [6.07, 6.45) is 0.